The minimum atomic E-state index is -0.493. The summed E-state index contributed by atoms with van der Waals surface area (Å²) in [5, 5.41) is 3.77. The van der Waals surface area contributed by atoms with Gasteiger partial charge in [0, 0.05) is 16.9 Å². The molecule has 0 saturated carbocycles. The predicted molar refractivity (Wildman–Crippen MR) is 231 cm³/mol. The fourth-order valence-corrected chi connectivity index (χ4v) is 9.25. The molecule has 1 spiro atoms. The molecule has 11 rings (SSSR count). The van der Waals surface area contributed by atoms with Gasteiger partial charge in [0.2, 0.25) is 0 Å². The molecule has 8 aromatic carbocycles. The fourth-order valence-electron chi connectivity index (χ4n) is 9.25. The van der Waals surface area contributed by atoms with Gasteiger partial charge in [0.1, 0.15) is 6.17 Å². The summed E-state index contributed by atoms with van der Waals surface area (Å²) in [5.41, 5.74) is 18.5. The highest BCUT2D eigenvalue weighted by Gasteiger charge is 2.51. The average Bonchev–Trinajstić information content (AvgIpc) is 3.57. The van der Waals surface area contributed by atoms with Gasteiger partial charge in [-0.05, 0) is 92.0 Å². The normalized spacial score (nSPS) is 15.8. The molecule has 3 aliphatic rings. The van der Waals surface area contributed by atoms with Crippen LogP contribution in [0.4, 0.5) is 17.1 Å². The zero-order valence-electron chi connectivity index (χ0n) is 30.7. The summed E-state index contributed by atoms with van der Waals surface area (Å²) in [4.78, 5) is 7.81. The number of anilines is 3. The van der Waals surface area contributed by atoms with E-state index < -0.39 is 5.41 Å². The number of para-hydroxylation sites is 3. The van der Waals surface area contributed by atoms with Gasteiger partial charge in [0.05, 0.1) is 22.5 Å². The SMILES string of the molecule is C1=C(c2ccc(-c3ccccc3)cc2)NC(c2ccccc2)N=C1c1ccc2c(c1)-c1ccccc1C21c2ccccc2N(c2ccccc2)c2ccccc21. The van der Waals surface area contributed by atoms with Crippen LogP contribution in [0, 0.1) is 0 Å². The summed E-state index contributed by atoms with van der Waals surface area (Å²) in [5.74, 6) is 0. The maximum absolute atomic E-state index is 5.39. The van der Waals surface area contributed by atoms with E-state index in [4.69, 9.17) is 4.99 Å². The predicted octanol–water partition coefficient (Wildman–Crippen LogP) is 12.6. The van der Waals surface area contributed by atoms with E-state index in [0.29, 0.717) is 0 Å². The average molecular weight is 716 g/mol. The fraction of sp³-hybridized carbons (Fsp3) is 0.0377. The molecule has 1 atom stereocenters. The molecular weight excluding hydrogens is 679 g/mol. The van der Waals surface area contributed by atoms with Crippen LogP contribution in [0.3, 0.4) is 0 Å². The van der Waals surface area contributed by atoms with E-state index >= 15 is 0 Å². The van der Waals surface area contributed by atoms with E-state index in [1.165, 1.54) is 55.9 Å². The van der Waals surface area contributed by atoms with Crippen molar-refractivity contribution >= 4 is 28.5 Å². The van der Waals surface area contributed by atoms with Gasteiger partial charge in [-0.2, -0.15) is 0 Å². The van der Waals surface area contributed by atoms with E-state index in [-0.39, 0.29) is 6.17 Å². The Morgan fingerprint density at radius 3 is 1.64 bits per heavy atom. The number of rotatable bonds is 5. The Bertz CT molecular complexity index is 2770. The van der Waals surface area contributed by atoms with Crippen LogP contribution in [0.15, 0.2) is 217 Å². The number of benzene rings is 8. The molecule has 0 fully saturated rings. The number of nitrogens with one attached hydrogen (secondary N) is 1. The lowest BCUT2D eigenvalue weighted by atomic mass is 9.64. The van der Waals surface area contributed by atoms with Crippen LogP contribution < -0.4 is 10.2 Å². The Hall–Kier alpha value is -7.23. The van der Waals surface area contributed by atoms with Crippen molar-refractivity contribution in [2.45, 2.75) is 11.6 Å². The summed E-state index contributed by atoms with van der Waals surface area (Å²) < 4.78 is 0. The summed E-state index contributed by atoms with van der Waals surface area (Å²) in [6.45, 7) is 0. The number of hydrogen-bond donors (Lipinski definition) is 1. The molecular formula is C53H37N3. The van der Waals surface area contributed by atoms with Gasteiger partial charge < -0.3 is 10.2 Å². The van der Waals surface area contributed by atoms with Crippen LogP contribution in [0.1, 0.15) is 45.1 Å². The molecule has 0 amide bonds. The molecule has 0 bridgehead atoms. The largest absolute Gasteiger partial charge is 0.360 e. The summed E-state index contributed by atoms with van der Waals surface area (Å²) in [7, 11) is 0. The second-order valence-electron chi connectivity index (χ2n) is 14.7. The van der Waals surface area contributed by atoms with Crippen LogP contribution in [-0.2, 0) is 5.41 Å². The third kappa shape index (κ3) is 4.94. The maximum atomic E-state index is 5.39. The first-order valence-corrected chi connectivity index (χ1v) is 19.3. The van der Waals surface area contributed by atoms with Crippen LogP contribution >= 0.6 is 0 Å². The zero-order valence-corrected chi connectivity index (χ0v) is 30.7. The second-order valence-corrected chi connectivity index (χ2v) is 14.7. The maximum Gasteiger partial charge on any atom is 0.145 e. The molecule has 1 N–H and O–H groups in total. The molecule has 1 aliphatic carbocycles. The third-order valence-electron chi connectivity index (χ3n) is 11.7. The first kappa shape index (κ1) is 32.2. The molecule has 3 nitrogen and oxygen atoms in total. The third-order valence-corrected chi connectivity index (χ3v) is 11.7. The Labute approximate surface area is 327 Å². The van der Waals surface area contributed by atoms with E-state index in [2.05, 4.69) is 223 Å². The summed E-state index contributed by atoms with van der Waals surface area (Å²) >= 11 is 0. The van der Waals surface area contributed by atoms with Gasteiger partial charge >= 0.3 is 0 Å². The van der Waals surface area contributed by atoms with E-state index in [9.17, 15) is 0 Å². The topological polar surface area (TPSA) is 27.6 Å². The number of nitrogens with zero attached hydrogens (tertiary/aromatic N) is 2. The number of hydrogen-bond acceptors (Lipinski definition) is 3. The van der Waals surface area contributed by atoms with Gasteiger partial charge in [0.15, 0.2) is 0 Å². The second kappa shape index (κ2) is 13.0. The molecule has 2 heterocycles. The molecule has 1 unspecified atom stereocenters. The minimum Gasteiger partial charge on any atom is -0.360 e. The van der Waals surface area contributed by atoms with E-state index in [1.54, 1.807) is 0 Å². The van der Waals surface area contributed by atoms with Crippen molar-refractivity contribution in [2.24, 2.45) is 4.99 Å². The number of fused-ring (bicyclic) bond motifs is 9. The highest BCUT2D eigenvalue weighted by atomic mass is 15.2. The summed E-state index contributed by atoms with van der Waals surface area (Å²) in [6, 6.07) is 74.7. The van der Waals surface area contributed by atoms with Crippen molar-refractivity contribution in [3.05, 3.63) is 251 Å². The van der Waals surface area contributed by atoms with Gasteiger partial charge in [-0.3, -0.25) is 4.99 Å². The molecule has 0 radical (unpaired) electrons. The first-order valence-electron chi connectivity index (χ1n) is 19.3. The van der Waals surface area contributed by atoms with Crippen LogP contribution in [0.2, 0.25) is 0 Å². The van der Waals surface area contributed by atoms with Crippen molar-refractivity contribution in [2.75, 3.05) is 4.90 Å². The molecule has 0 saturated heterocycles. The molecule has 3 heteroatoms. The minimum absolute atomic E-state index is 0.229. The van der Waals surface area contributed by atoms with E-state index in [0.717, 1.165) is 33.8 Å². The smallest absolute Gasteiger partial charge is 0.145 e. The molecule has 0 aromatic heterocycles. The van der Waals surface area contributed by atoms with Crippen LogP contribution in [-0.4, -0.2) is 5.71 Å². The molecule has 56 heavy (non-hydrogen) atoms. The first-order chi connectivity index (χ1) is 27.8. The van der Waals surface area contributed by atoms with Gasteiger partial charge in [-0.15, -0.1) is 0 Å². The lowest BCUT2D eigenvalue weighted by Gasteiger charge is -2.45. The van der Waals surface area contributed by atoms with Gasteiger partial charge in [0.25, 0.3) is 0 Å². The lowest BCUT2D eigenvalue weighted by Crippen LogP contribution is -2.36. The van der Waals surface area contributed by atoms with Crippen molar-refractivity contribution in [1.29, 1.82) is 0 Å². The summed E-state index contributed by atoms with van der Waals surface area (Å²) in [6.07, 6.45) is 1.99. The highest BCUT2D eigenvalue weighted by molar-refractivity contribution is 6.14. The monoisotopic (exact) mass is 715 g/mol. The Balaban J connectivity index is 1.08. The Morgan fingerprint density at radius 2 is 0.946 bits per heavy atom. The zero-order chi connectivity index (χ0) is 37.1. The van der Waals surface area contributed by atoms with Crippen molar-refractivity contribution in [3.8, 4) is 22.3 Å². The molecule has 8 aromatic rings. The van der Waals surface area contributed by atoms with Gasteiger partial charge in [-0.25, -0.2) is 0 Å². The van der Waals surface area contributed by atoms with E-state index in [1.807, 2.05) is 0 Å². The van der Waals surface area contributed by atoms with Crippen molar-refractivity contribution in [1.82, 2.24) is 5.32 Å². The molecule has 264 valence electrons. The van der Waals surface area contributed by atoms with Crippen LogP contribution in [0.5, 0.6) is 0 Å². The highest BCUT2D eigenvalue weighted by Crippen LogP contribution is 2.63. The number of allylic oxidation sites excluding steroid dienone is 1. The van der Waals surface area contributed by atoms with Crippen molar-refractivity contribution in [3.63, 3.8) is 0 Å². The standard InChI is InChI=1S/C53H37N3/c1-4-16-36(17-5-1)37-28-30-38(31-29-37)48-35-49(55-52(54-48)39-18-6-2-7-19-39)40-32-33-45-43(34-40)42-22-10-11-23-44(42)53(45)46-24-12-14-26-50(46)56(41-20-8-3-9-21-41)51-27-15-13-25-47(51)53/h1-35,52,54H. The van der Waals surface area contributed by atoms with Gasteiger partial charge in [-0.1, -0.05) is 176 Å². The van der Waals surface area contributed by atoms with Crippen molar-refractivity contribution < 1.29 is 0 Å². The lowest BCUT2D eigenvalue weighted by molar-refractivity contribution is 0.664. The Kier molecular flexibility index (Phi) is 7.46. The number of aliphatic imine (C=N–C) groups is 1. The molecule has 2 aliphatic heterocycles. The van der Waals surface area contributed by atoms with Crippen LogP contribution in [0.25, 0.3) is 28.0 Å². The Morgan fingerprint density at radius 1 is 0.429 bits per heavy atom. The quantitative estimate of drug-likeness (QED) is 0.192.